The Morgan fingerprint density at radius 2 is 2.00 bits per heavy atom. The Balaban J connectivity index is 2.41. The van der Waals surface area contributed by atoms with Gasteiger partial charge in [-0.2, -0.15) is 0 Å². The molecule has 2 rings (SSSR count). The predicted octanol–water partition coefficient (Wildman–Crippen LogP) is 2.14. The molecule has 3 heteroatoms. The summed E-state index contributed by atoms with van der Waals surface area (Å²) in [7, 11) is 0. The van der Waals surface area contributed by atoms with Gasteiger partial charge in [0.1, 0.15) is 5.75 Å². The lowest BCUT2D eigenvalue weighted by molar-refractivity contribution is 0.151. The lowest BCUT2D eigenvalue weighted by Crippen LogP contribution is -2.03. The van der Waals surface area contributed by atoms with Gasteiger partial charge in [0.05, 0.1) is 10.1 Å². The maximum absolute atomic E-state index is 9.69. The first-order valence-electron chi connectivity index (χ1n) is 3.83. The minimum atomic E-state index is -0.655. The quantitative estimate of drug-likeness (QED) is 0.774. The zero-order chi connectivity index (χ0) is 8.77. The summed E-state index contributed by atoms with van der Waals surface area (Å²) < 4.78 is 0.663. The number of aromatic hydroxyl groups is 1. The standard InChI is InChI=1S/C9H9BrO2/c10-7-2-1-6(5-8(7)11)9(12)3-4-9/h1-2,5,11-12H,3-4H2. The number of rotatable bonds is 1. The van der Waals surface area contributed by atoms with E-state index in [4.69, 9.17) is 0 Å². The highest BCUT2D eigenvalue weighted by Crippen LogP contribution is 2.46. The van der Waals surface area contributed by atoms with Crippen molar-refractivity contribution in [3.63, 3.8) is 0 Å². The first kappa shape index (κ1) is 8.08. The van der Waals surface area contributed by atoms with E-state index in [1.165, 1.54) is 0 Å². The maximum Gasteiger partial charge on any atom is 0.130 e. The van der Waals surface area contributed by atoms with Crippen molar-refractivity contribution in [3.05, 3.63) is 28.2 Å². The van der Waals surface area contributed by atoms with E-state index in [0.717, 1.165) is 18.4 Å². The van der Waals surface area contributed by atoms with Crippen LogP contribution < -0.4 is 0 Å². The van der Waals surface area contributed by atoms with Crippen LogP contribution in [0.15, 0.2) is 22.7 Å². The Morgan fingerprint density at radius 3 is 2.50 bits per heavy atom. The Labute approximate surface area is 79.0 Å². The molecular weight excluding hydrogens is 220 g/mol. The van der Waals surface area contributed by atoms with Crippen LogP contribution in [-0.4, -0.2) is 10.2 Å². The molecule has 0 heterocycles. The summed E-state index contributed by atoms with van der Waals surface area (Å²) in [4.78, 5) is 0. The molecule has 1 aliphatic rings. The average molecular weight is 229 g/mol. The largest absolute Gasteiger partial charge is 0.507 e. The van der Waals surface area contributed by atoms with Gasteiger partial charge in [-0.3, -0.25) is 0 Å². The van der Waals surface area contributed by atoms with Crippen molar-refractivity contribution in [1.29, 1.82) is 0 Å². The SMILES string of the molecule is Oc1cc(C2(O)CC2)ccc1Br. The normalized spacial score (nSPS) is 19.2. The Kier molecular flexibility index (Phi) is 1.66. The molecule has 64 valence electrons. The molecule has 0 aliphatic heterocycles. The van der Waals surface area contributed by atoms with Crippen LogP contribution >= 0.6 is 15.9 Å². The third kappa shape index (κ3) is 1.23. The first-order valence-corrected chi connectivity index (χ1v) is 4.62. The smallest absolute Gasteiger partial charge is 0.130 e. The summed E-state index contributed by atoms with van der Waals surface area (Å²) in [5.74, 6) is 0.188. The van der Waals surface area contributed by atoms with Gasteiger partial charge >= 0.3 is 0 Å². The van der Waals surface area contributed by atoms with E-state index in [0.29, 0.717) is 4.47 Å². The lowest BCUT2D eigenvalue weighted by Gasteiger charge is -2.08. The van der Waals surface area contributed by atoms with E-state index in [1.807, 2.05) is 6.07 Å². The number of hydrogen-bond donors (Lipinski definition) is 2. The van der Waals surface area contributed by atoms with Gasteiger partial charge in [0.15, 0.2) is 0 Å². The Hall–Kier alpha value is -0.540. The van der Waals surface area contributed by atoms with Crippen LogP contribution in [0, 0.1) is 0 Å². The zero-order valence-electron chi connectivity index (χ0n) is 6.42. The molecule has 0 aromatic heterocycles. The second kappa shape index (κ2) is 2.47. The molecular formula is C9H9BrO2. The van der Waals surface area contributed by atoms with Gasteiger partial charge in [0.2, 0.25) is 0 Å². The summed E-state index contributed by atoms with van der Waals surface area (Å²) in [6.45, 7) is 0. The summed E-state index contributed by atoms with van der Waals surface area (Å²) >= 11 is 3.18. The van der Waals surface area contributed by atoms with Crippen LogP contribution in [0.3, 0.4) is 0 Å². The molecule has 0 amide bonds. The number of hydrogen-bond acceptors (Lipinski definition) is 2. The summed E-state index contributed by atoms with van der Waals surface area (Å²) in [5, 5.41) is 19.0. The monoisotopic (exact) mass is 228 g/mol. The third-order valence-electron chi connectivity index (χ3n) is 2.21. The molecule has 0 spiro atoms. The lowest BCUT2D eigenvalue weighted by atomic mass is 10.1. The molecule has 0 bridgehead atoms. The van der Waals surface area contributed by atoms with Crippen molar-refractivity contribution in [2.75, 3.05) is 0 Å². The number of phenolic OH excluding ortho intramolecular Hbond substituents is 1. The molecule has 1 fully saturated rings. The van der Waals surface area contributed by atoms with Gasteiger partial charge in [0, 0.05) is 0 Å². The van der Waals surface area contributed by atoms with Crippen LogP contribution in [0.2, 0.25) is 0 Å². The number of halogens is 1. The summed E-state index contributed by atoms with van der Waals surface area (Å²) in [5.41, 5.74) is 0.154. The predicted molar refractivity (Wildman–Crippen MR) is 48.9 cm³/mol. The van der Waals surface area contributed by atoms with E-state index in [-0.39, 0.29) is 5.75 Å². The molecule has 1 aromatic carbocycles. The molecule has 2 N–H and O–H groups in total. The minimum Gasteiger partial charge on any atom is -0.507 e. The molecule has 2 nitrogen and oxygen atoms in total. The topological polar surface area (TPSA) is 40.5 Å². The van der Waals surface area contributed by atoms with E-state index in [1.54, 1.807) is 12.1 Å². The van der Waals surface area contributed by atoms with Gasteiger partial charge in [-0.1, -0.05) is 6.07 Å². The van der Waals surface area contributed by atoms with E-state index in [9.17, 15) is 10.2 Å². The van der Waals surface area contributed by atoms with E-state index in [2.05, 4.69) is 15.9 Å². The third-order valence-corrected chi connectivity index (χ3v) is 2.88. The fraction of sp³-hybridized carbons (Fsp3) is 0.333. The minimum absolute atomic E-state index is 0.188. The highest BCUT2D eigenvalue weighted by Gasteiger charge is 2.42. The first-order chi connectivity index (χ1) is 5.62. The van der Waals surface area contributed by atoms with Crippen molar-refractivity contribution >= 4 is 15.9 Å². The van der Waals surface area contributed by atoms with Crippen molar-refractivity contribution < 1.29 is 10.2 Å². The molecule has 0 unspecified atom stereocenters. The fourth-order valence-corrected chi connectivity index (χ4v) is 1.46. The van der Waals surface area contributed by atoms with Crippen molar-refractivity contribution in [2.24, 2.45) is 0 Å². The molecule has 1 saturated carbocycles. The molecule has 0 atom stereocenters. The van der Waals surface area contributed by atoms with E-state index < -0.39 is 5.60 Å². The highest BCUT2D eigenvalue weighted by atomic mass is 79.9. The second-order valence-electron chi connectivity index (χ2n) is 3.20. The molecule has 1 aliphatic carbocycles. The van der Waals surface area contributed by atoms with Gasteiger partial charge in [-0.25, -0.2) is 0 Å². The van der Waals surface area contributed by atoms with Crippen molar-refractivity contribution in [3.8, 4) is 5.75 Å². The molecule has 12 heavy (non-hydrogen) atoms. The number of benzene rings is 1. The van der Waals surface area contributed by atoms with Gasteiger partial charge in [-0.05, 0) is 46.5 Å². The van der Waals surface area contributed by atoms with Crippen LogP contribution in [0.5, 0.6) is 5.75 Å². The second-order valence-corrected chi connectivity index (χ2v) is 4.05. The molecule has 0 saturated heterocycles. The van der Waals surface area contributed by atoms with Crippen molar-refractivity contribution in [2.45, 2.75) is 18.4 Å². The number of aliphatic hydroxyl groups is 1. The average Bonchev–Trinajstić information content (AvgIpc) is 2.75. The van der Waals surface area contributed by atoms with Crippen molar-refractivity contribution in [1.82, 2.24) is 0 Å². The highest BCUT2D eigenvalue weighted by molar-refractivity contribution is 9.10. The van der Waals surface area contributed by atoms with Crippen LogP contribution in [0.1, 0.15) is 18.4 Å². The van der Waals surface area contributed by atoms with Gasteiger partial charge in [0.25, 0.3) is 0 Å². The summed E-state index contributed by atoms with van der Waals surface area (Å²) in [6.07, 6.45) is 1.60. The van der Waals surface area contributed by atoms with Gasteiger partial charge < -0.3 is 10.2 Å². The number of phenols is 1. The van der Waals surface area contributed by atoms with Crippen LogP contribution in [-0.2, 0) is 5.60 Å². The summed E-state index contributed by atoms with van der Waals surface area (Å²) in [6, 6.07) is 5.19. The fourth-order valence-electron chi connectivity index (χ4n) is 1.21. The Morgan fingerprint density at radius 1 is 1.33 bits per heavy atom. The molecule has 0 radical (unpaired) electrons. The Bertz CT molecular complexity index is 318. The van der Waals surface area contributed by atoms with E-state index >= 15 is 0 Å². The van der Waals surface area contributed by atoms with Crippen LogP contribution in [0.25, 0.3) is 0 Å². The van der Waals surface area contributed by atoms with Gasteiger partial charge in [-0.15, -0.1) is 0 Å². The molecule has 1 aromatic rings. The zero-order valence-corrected chi connectivity index (χ0v) is 8.00. The maximum atomic E-state index is 9.69. The van der Waals surface area contributed by atoms with Crippen LogP contribution in [0.4, 0.5) is 0 Å².